The molecule has 1 fully saturated rings. The molecule has 0 aliphatic carbocycles. The molecule has 3 nitrogen and oxygen atoms in total. The molecule has 0 unspecified atom stereocenters. The SMILES string of the molecule is CCCC(=O)N1CCN(c2ccc(Cl)cc2Cl)CC1. The van der Waals surface area contributed by atoms with Gasteiger partial charge in [0.2, 0.25) is 5.91 Å². The van der Waals surface area contributed by atoms with Crippen molar-refractivity contribution in [2.45, 2.75) is 19.8 Å². The van der Waals surface area contributed by atoms with Crippen LogP contribution in [0.15, 0.2) is 18.2 Å². The summed E-state index contributed by atoms with van der Waals surface area (Å²) in [5.74, 6) is 0.254. The van der Waals surface area contributed by atoms with E-state index in [1.807, 2.05) is 24.0 Å². The average Bonchev–Trinajstić information content (AvgIpc) is 2.39. The third-order valence-corrected chi connectivity index (χ3v) is 3.88. The number of piperazine rings is 1. The van der Waals surface area contributed by atoms with E-state index >= 15 is 0 Å². The molecule has 1 aliphatic rings. The second-order valence-corrected chi connectivity index (χ2v) is 5.56. The third kappa shape index (κ3) is 3.54. The number of amides is 1. The Morgan fingerprint density at radius 2 is 1.89 bits per heavy atom. The molecule has 104 valence electrons. The van der Waals surface area contributed by atoms with Crippen molar-refractivity contribution in [3.05, 3.63) is 28.2 Å². The van der Waals surface area contributed by atoms with E-state index < -0.39 is 0 Å². The summed E-state index contributed by atoms with van der Waals surface area (Å²) >= 11 is 12.1. The molecule has 0 spiro atoms. The summed E-state index contributed by atoms with van der Waals surface area (Å²) in [5, 5.41) is 1.31. The first-order valence-corrected chi connectivity index (χ1v) is 7.35. The van der Waals surface area contributed by atoms with Gasteiger partial charge in [-0.05, 0) is 24.6 Å². The fraction of sp³-hybridized carbons (Fsp3) is 0.500. The number of hydrogen-bond donors (Lipinski definition) is 0. The van der Waals surface area contributed by atoms with Crippen LogP contribution in [0, 0.1) is 0 Å². The number of anilines is 1. The van der Waals surface area contributed by atoms with Crippen LogP contribution < -0.4 is 4.90 Å². The van der Waals surface area contributed by atoms with Gasteiger partial charge in [0.25, 0.3) is 0 Å². The van der Waals surface area contributed by atoms with Crippen LogP contribution in [0.25, 0.3) is 0 Å². The zero-order chi connectivity index (χ0) is 13.8. The van der Waals surface area contributed by atoms with Gasteiger partial charge >= 0.3 is 0 Å². The Balaban J connectivity index is 1.98. The monoisotopic (exact) mass is 300 g/mol. The Kier molecular flexibility index (Phi) is 4.94. The van der Waals surface area contributed by atoms with E-state index in [0.29, 0.717) is 16.5 Å². The number of carbonyl (C=O) groups excluding carboxylic acids is 1. The predicted octanol–water partition coefficient (Wildman–Crippen LogP) is 3.44. The van der Waals surface area contributed by atoms with Crippen LogP contribution in [0.3, 0.4) is 0 Å². The smallest absolute Gasteiger partial charge is 0.222 e. The molecule has 1 aliphatic heterocycles. The van der Waals surface area contributed by atoms with Crippen molar-refractivity contribution in [3.63, 3.8) is 0 Å². The van der Waals surface area contributed by atoms with Gasteiger partial charge in [0.15, 0.2) is 0 Å². The number of hydrogen-bond acceptors (Lipinski definition) is 2. The fourth-order valence-corrected chi connectivity index (χ4v) is 2.83. The molecule has 0 saturated carbocycles. The van der Waals surface area contributed by atoms with Gasteiger partial charge in [0.1, 0.15) is 0 Å². The van der Waals surface area contributed by atoms with Crippen LogP contribution in [-0.4, -0.2) is 37.0 Å². The minimum atomic E-state index is 0.254. The van der Waals surface area contributed by atoms with Gasteiger partial charge in [-0.1, -0.05) is 30.1 Å². The van der Waals surface area contributed by atoms with Crippen molar-refractivity contribution < 1.29 is 4.79 Å². The maximum atomic E-state index is 11.8. The maximum Gasteiger partial charge on any atom is 0.222 e. The predicted molar refractivity (Wildman–Crippen MR) is 80.2 cm³/mol. The van der Waals surface area contributed by atoms with Gasteiger partial charge in [-0.3, -0.25) is 4.79 Å². The van der Waals surface area contributed by atoms with Crippen molar-refractivity contribution in [1.29, 1.82) is 0 Å². The standard InChI is InChI=1S/C14H18Cl2N2O/c1-2-3-14(19)18-8-6-17(7-9-18)13-5-4-11(15)10-12(13)16/h4-5,10H,2-3,6-9H2,1H3. The molecule has 1 aromatic carbocycles. The van der Waals surface area contributed by atoms with Crippen LogP contribution in [0.1, 0.15) is 19.8 Å². The van der Waals surface area contributed by atoms with Crippen molar-refractivity contribution >= 4 is 34.8 Å². The molecule has 0 N–H and O–H groups in total. The highest BCUT2D eigenvalue weighted by Gasteiger charge is 2.21. The zero-order valence-electron chi connectivity index (χ0n) is 11.0. The number of benzene rings is 1. The Morgan fingerprint density at radius 1 is 1.21 bits per heavy atom. The molecular formula is C14H18Cl2N2O. The highest BCUT2D eigenvalue weighted by atomic mass is 35.5. The summed E-state index contributed by atoms with van der Waals surface area (Å²) in [6, 6.07) is 5.54. The molecule has 1 amide bonds. The summed E-state index contributed by atoms with van der Waals surface area (Å²) in [4.78, 5) is 16.0. The second-order valence-electron chi connectivity index (χ2n) is 4.71. The molecule has 0 atom stereocenters. The van der Waals surface area contributed by atoms with Crippen molar-refractivity contribution in [2.24, 2.45) is 0 Å². The molecule has 1 aromatic rings. The van der Waals surface area contributed by atoms with Crippen LogP contribution in [0.4, 0.5) is 5.69 Å². The van der Waals surface area contributed by atoms with Gasteiger partial charge in [0.05, 0.1) is 10.7 Å². The lowest BCUT2D eigenvalue weighted by molar-refractivity contribution is -0.131. The fourth-order valence-electron chi connectivity index (χ4n) is 2.31. The average molecular weight is 301 g/mol. The van der Waals surface area contributed by atoms with E-state index in [1.54, 1.807) is 6.07 Å². The summed E-state index contributed by atoms with van der Waals surface area (Å²) in [7, 11) is 0. The number of rotatable bonds is 3. The van der Waals surface area contributed by atoms with Gasteiger partial charge in [-0.2, -0.15) is 0 Å². The Morgan fingerprint density at radius 3 is 2.47 bits per heavy atom. The molecule has 0 radical (unpaired) electrons. The van der Waals surface area contributed by atoms with Crippen LogP contribution >= 0.6 is 23.2 Å². The molecule has 1 heterocycles. The van der Waals surface area contributed by atoms with E-state index in [9.17, 15) is 4.79 Å². The summed E-state index contributed by atoms with van der Waals surface area (Å²) in [6.07, 6.45) is 1.55. The van der Waals surface area contributed by atoms with E-state index in [0.717, 1.165) is 38.3 Å². The first kappa shape index (κ1) is 14.5. The molecule has 5 heteroatoms. The molecule has 0 bridgehead atoms. The van der Waals surface area contributed by atoms with E-state index in [4.69, 9.17) is 23.2 Å². The second kappa shape index (κ2) is 6.49. The Bertz CT molecular complexity index is 457. The lowest BCUT2D eigenvalue weighted by atomic mass is 10.2. The van der Waals surface area contributed by atoms with Crippen molar-refractivity contribution in [3.8, 4) is 0 Å². The van der Waals surface area contributed by atoms with E-state index in [-0.39, 0.29) is 5.91 Å². The van der Waals surface area contributed by atoms with E-state index in [2.05, 4.69) is 4.90 Å². The van der Waals surface area contributed by atoms with Crippen LogP contribution in [-0.2, 0) is 4.79 Å². The summed E-state index contributed by atoms with van der Waals surface area (Å²) < 4.78 is 0. The van der Waals surface area contributed by atoms with Gasteiger partial charge < -0.3 is 9.80 Å². The number of carbonyl (C=O) groups is 1. The Hall–Kier alpha value is -0.930. The highest BCUT2D eigenvalue weighted by molar-refractivity contribution is 6.36. The lowest BCUT2D eigenvalue weighted by Gasteiger charge is -2.36. The van der Waals surface area contributed by atoms with Crippen molar-refractivity contribution in [2.75, 3.05) is 31.1 Å². The van der Waals surface area contributed by atoms with Crippen LogP contribution in [0.5, 0.6) is 0 Å². The minimum Gasteiger partial charge on any atom is -0.367 e. The Labute approximate surface area is 124 Å². The summed E-state index contributed by atoms with van der Waals surface area (Å²) in [5.41, 5.74) is 0.994. The van der Waals surface area contributed by atoms with Crippen LogP contribution in [0.2, 0.25) is 10.0 Å². The largest absolute Gasteiger partial charge is 0.367 e. The zero-order valence-corrected chi connectivity index (χ0v) is 12.5. The normalized spacial score (nSPS) is 15.7. The van der Waals surface area contributed by atoms with Crippen molar-refractivity contribution in [1.82, 2.24) is 4.90 Å². The third-order valence-electron chi connectivity index (χ3n) is 3.35. The maximum absolute atomic E-state index is 11.8. The van der Waals surface area contributed by atoms with Gasteiger partial charge in [0, 0.05) is 37.6 Å². The van der Waals surface area contributed by atoms with E-state index in [1.165, 1.54) is 0 Å². The molecule has 1 saturated heterocycles. The summed E-state index contributed by atoms with van der Waals surface area (Å²) in [6.45, 7) is 5.19. The topological polar surface area (TPSA) is 23.6 Å². The molecule has 0 aromatic heterocycles. The number of nitrogens with zero attached hydrogens (tertiary/aromatic N) is 2. The van der Waals surface area contributed by atoms with Gasteiger partial charge in [-0.25, -0.2) is 0 Å². The first-order valence-electron chi connectivity index (χ1n) is 6.59. The molecular weight excluding hydrogens is 283 g/mol. The lowest BCUT2D eigenvalue weighted by Crippen LogP contribution is -2.48. The van der Waals surface area contributed by atoms with Gasteiger partial charge in [-0.15, -0.1) is 0 Å². The minimum absolute atomic E-state index is 0.254. The number of halogens is 2. The first-order chi connectivity index (χ1) is 9.11. The molecule has 19 heavy (non-hydrogen) atoms. The highest BCUT2D eigenvalue weighted by Crippen LogP contribution is 2.29. The molecule has 2 rings (SSSR count). The quantitative estimate of drug-likeness (QED) is 0.854.